The zero-order chi connectivity index (χ0) is 20.3. The van der Waals surface area contributed by atoms with Crippen molar-refractivity contribution in [2.24, 2.45) is 5.10 Å². The van der Waals surface area contributed by atoms with Crippen LogP contribution in [0.25, 0.3) is 15.9 Å². The summed E-state index contributed by atoms with van der Waals surface area (Å²) in [5.74, 6) is 0. The van der Waals surface area contributed by atoms with Crippen molar-refractivity contribution < 1.29 is 0 Å². The lowest BCUT2D eigenvalue weighted by atomic mass is 10.3. The van der Waals surface area contributed by atoms with E-state index >= 15 is 0 Å². The predicted octanol–water partition coefficient (Wildman–Crippen LogP) is 4.90. The lowest BCUT2D eigenvalue weighted by molar-refractivity contribution is 0.976. The molecule has 1 N–H and O–H groups in total. The second-order valence-corrected chi connectivity index (χ2v) is 8.62. The number of nitrogens with one attached hydrogen (secondary N) is 1. The van der Waals surface area contributed by atoms with Crippen LogP contribution in [0.1, 0.15) is 5.56 Å². The van der Waals surface area contributed by atoms with Crippen molar-refractivity contribution in [2.75, 3.05) is 5.43 Å². The highest BCUT2D eigenvalue weighted by molar-refractivity contribution is 8.01. The minimum Gasteiger partial charge on any atom is -0.279 e. The van der Waals surface area contributed by atoms with Gasteiger partial charge < -0.3 is 0 Å². The average molecular weight is 430 g/mol. The van der Waals surface area contributed by atoms with Gasteiger partial charge in [0, 0.05) is 6.20 Å². The maximum atomic E-state index is 13.1. The van der Waals surface area contributed by atoms with Gasteiger partial charge in [0.05, 0.1) is 27.7 Å². The van der Waals surface area contributed by atoms with E-state index in [0.29, 0.717) is 16.2 Å². The number of anilines is 1. The number of thiazole rings is 1. The number of rotatable bonds is 5. The molecule has 0 aliphatic carbocycles. The SMILES string of the molecule is O=c1c(/C=N\Nc2ccccc2)c(Sc2nc3ccccc3s2)nc2ccccn12. The van der Waals surface area contributed by atoms with Crippen molar-refractivity contribution in [1.29, 1.82) is 0 Å². The first-order valence-corrected chi connectivity index (χ1v) is 10.8. The molecule has 0 amide bonds. The molecular formula is C22H15N5OS2. The zero-order valence-corrected chi connectivity index (χ0v) is 17.2. The van der Waals surface area contributed by atoms with Crippen molar-refractivity contribution in [1.82, 2.24) is 14.4 Å². The van der Waals surface area contributed by atoms with E-state index in [1.807, 2.05) is 66.7 Å². The van der Waals surface area contributed by atoms with Gasteiger partial charge in [-0.2, -0.15) is 5.10 Å². The molecule has 0 saturated carbocycles. The zero-order valence-electron chi connectivity index (χ0n) is 15.6. The normalized spacial score (nSPS) is 11.5. The highest BCUT2D eigenvalue weighted by Crippen LogP contribution is 2.34. The number of hydrogen-bond donors (Lipinski definition) is 1. The van der Waals surface area contributed by atoms with Gasteiger partial charge in [-0.15, -0.1) is 11.3 Å². The van der Waals surface area contributed by atoms with E-state index in [-0.39, 0.29) is 5.56 Å². The number of hydrazone groups is 1. The summed E-state index contributed by atoms with van der Waals surface area (Å²) in [4.78, 5) is 22.5. The molecule has 5 aromatic rings. The molecule has 0 unspecified atom stereocenters. The molecule has 8 heteroatoms. The number of hydrogen-bond acceptors (Lipinski definition) is 7. The van der Waals surface area contributed by atoms with Gasteiger partial charge in [0.1, 0.15) is 10.7 Å². The van der Waals surface area contributed by atoms with Crippen molar-refractivity contribution in [2.45, 2.75) is 9.37 Å². The second-order valence-electron chi connectivity index (χ2n) is 6.35. The molecule has 0 radical (unpaired) electrons. The molecule has 6 nitrogen and oxygen atoms in total. The van der Waals surface area contributed by atoms with Crippen LogP contribution in [0.3, 0.4) is 0 Å². The van der Waals surface area contributed by atoms with Crippen molar-refractivity contribution in [3.05, 3.63) is 94.9 Å². The fourth-order valence-electron chi connectivity index (χ4n) is 2.93. The van der Waals surface area contributed by atoms with Crippen LogP contribution in [0, 0.1) is 0 Å². The number of benzene rings is 2. The quantitative estimate of drug-likeness (QED) is 0.244. The van der Waals surface area contributed by atoms with Crippen molar-refractivity contribution in [3.8, 4) is 0 Å². The largest absolute Gasteiger partial charge is 0.279 e. The molecule has 3 aromatic heterocycles. The van der Waals surface area contributed by atoms with Crippen molar-refractivity contribution in [3.63, 3.8) is 0 Å². The standard InChI is InChI=1S/C22H15N5OS2/c28-21-16(14-23-26-15-8-2-1-3-9-15)20(25-19-12-6-7-13-27(19)21)30-22-24-17-10-4-5-11-18(17)29-22/h1-14,26H/b23-14-. The Morgan fingerprint density at radius 2 is 1.77 bits per heavy atom. The summed E-state index contributed by atoms with van der Waals surface area (Å²) >= 11 is 2.95. The molecular weight excluding hydrogens is 414 g/mol. The van der Waals surface area contributed by atoms with Gasteiger partial charge in [-0.25, -0.2) is 9.97 Å². The average Bonchev–Trinajstić information content (AvgIpc) is 3.19. The predicted molar refractivity (Wildman–Crippen MR) is 123 cm³/mol. The van der Waals surface area contributed by atoms with E-state index in [2.05, 4.69) is 15.5 Å². The summed E-state index contributed by atoms with van der Waals surface area (Å²) in [5.41, 5.74) is 5.54. The summed E-state index contributed by atoms with van der Waals surface area (Å²) in [6.45, 7) is 0. The van der Waals surface area contributed by atoms with Crippen LogP contribution in [0.4, 0.5) is 5.69 Å². The summed E-state index contributed by atoms with van der Waals surface area (Å²) in [6, 6.07) is 23.0. The minimum atomic E-state index is -0.178. The third-order valence-corrected chi connectivity index (χ3v) is 6.45. The van der Waals surface area contributed by atoms with Gasteiger partial charge in [0.15, 0.2) is 4.34 Å². The van der Waals surface area contributed by atoms with Crippen LogP contribution in [-0.4, -0.2) is 20.6 Å². The molecule has 0 atom stereocenters. The Morgan fingerprint density at radius 3 is 2.63 bits per heavy atom. The summed E-state index contributed by atoms with van der Waals surface area (Å²) < 4.78 is 3.44. The maximum absolute atomic E-state index is 13.1. The number of para-hydroxylation sites is 2. The number of aromatic nitrogens is 3. The minimum absolute atomic E-state index is 0.178. The van der Waals surface area contributed by atoms with Gasteiger partial charge in [-0.05, 0) is 48.2 Å². The van der Waals surface area contributed by atoms with Crippen LogP contribution in [0.15, 0.2) is 98.3 Å². The highest BCUT2D eigenvalue weighted by Gasteiger charge is 2.15. The van der Waals surface area contributed by atoms with Gasteiger partial charge in [0.2, 0.25) is 0 Å². The van der Waals surface area contributed by atoms with E-state index < -0.39 is 0 Å². The molecule has 30 heavy (non-hydrogen) atoms. The van der Waals surface area contributed by atoms with E-state index in [1.165, 1.54) is 22.4 Å². The van der Waals surface area contributed by atoms with E-state index in [4.69, 9.17) is 4.98 Å². The molecule has 0 fully saturated rings. The molecule has 0 spiro atoms. The monoisotopic (exact) mass is 429 g/mol. The molecule has 2 aromatic carbocycles. The molecule has 5 rings (SSSR count). The third kappa shape index (κ3) is 3.70. The Bertz CT molecular complexity index is 1390. The highest BCUT2D eigenvalue weighted by atomic mass is 32.2. The van der Waals surface area contributed by atoms with Gasteiger partial charge in [-0.1, -0.05) is 36.4 Å². The van der Waals surface area contributed by atoms with Crippen LogP contribution in [0.5, 0.6) is 0 Å². The Morgan fingerprint density at radius 1 is 0.967 bits per heavy atom. The number of pyridine rings is 1. The van der Waals surface area contributed by atoms with Gasteiger partial charge in [0.25, 0.3) is 5.56 Å². The Hall–Kier alpha value is -3.49. The molecule has 0 aliphatic heterocycles. The smallest absolute Gasteiger partial charge is 0.267 e. The molecule has 146 valence electrons. The first-order chi connectivity index (χ1) is 14.8. The van der Waals surface area contributed by atoms with Crippen LogP contribution in [-0.2, 0) is 0 Å². The van der Waals surface area contributed by atoms with Crippen LogP contribution < -0.4 is 11.0 Å². The molecule has 0 saturated heterocycles. The lowest BCUT2D eigenvalue weighted by Crippen LogP contribution is -2.21. The summed E-state index contributed by atoms with van der Waals surface area (Å²) in [5, 5.41) is 4.84. The topological polar surface area (TPSA) is 71.7 Å². The molecule has 0 bridgehead atoms. The second kappa shape index (κ2) is 8.10. The number of nitrogens with zero attached hydrogens (tertiary/aromatic N) is 4. The first-order valence-electron chi connectivity index (χ1n) is 9.17. The van der Waals surface area contributed by atoms with E-state index in [0.717, 1.165) is 20.2 Å². The fourth-order valence-corrected chi connectivity index (χ4v) is 5.00. The summed E-state index contributed by atoms with van der Waals surface area (Å²) in [6.07, 6.45) is 3.23. The van der Waals surface area contributed by atoms with Crippen molar-refractivity contribution >= 4 is 50.9 Å². The number of fused-ring (bicyclic) bond motifs is 2. The van der Waals surface area contributed by atoms with Crippen LogP contribution >= 0.6 is 23.1 Å². The Labute approximate surface area is 180 Å². The van der Waals surface area contributed by atoms with Gasteiger partial charge in [-0.3, -0.25) is 14.6 Å². The lowest BCUT2D eigenvalue weighted by Gasteiger charge is -2.06. The summed E-state index contributed by atoms with van der Waals surface area (Å²) in [7, 11) is 0. The Balaban J connectivity index is 1.56. The van der Waals surface area contributed by atoms with E-state index in [9.17, 15) is 4.79 Å². The third-order valence-electron chi connectivity index (χ3n) is 4.35. The molecule has 3 heterocycles. The van der Waals surface area contributed by atoms with Crippen LogP contribution in [0.2, 0.25) is 0 Å². The maximum Gasteiger partial charge on any atom is 0.267 e. The Kier molecular flexibility index (Phi) is 5.00. The van der Waals surface area contributed by atoms with Gasteiger partial charge >= 0.3 is 0 Å². The first kappa shape index (κ1) is 18.5. The molecule has 0 aliphatic rings. The van der Waals surface area contributed by atoms with E-state index in [1.54, 1.807) is 23.6 Å². The fraction of sp³-hybridized carbons (Fsp3) is 0.